The second-order valence-electron chi connectivity index (χ2n) is 5.77. The van der Waals surface area contributed by atoms with Crippen molar-refractivity contribution in [2.24, 2.45) is 5.73 Å². The lowest BCUT2D eigenvalue weighted by molar-refractivity contribution is -0.0584. The van der Waals surface area contributed by atoms with Gasteiger partial charge in [0.1, 0.15) is 5.75 Å². The van der Waals surface area contributed by atoms with Crippen molar-refractivity contribution in [2.45, 2.75) is 38.0 Å². The largest absolute Gasteiger partial charge is 0.497 e. The number of hydrogen-bond donors (Lipinski definition) is 1. The van der Waals surface area contributed by atoms with Crippen LogP contribution in [0.2, 0.25) is 0 Å². The molecule has 2 N–H and O–H groups in total. The maximum Gasteiger partial charge on any atom is 0.118 e. The minimum atomic E-state index is 0.0532. The molecule has 0 aliphatic carbocycles. The number of methoxy groups -OCH3 is 1. The Kier molecular flexibility index (Phi) is 5.02. The number of nitrogens with two attached hydrogens (primary N) is 1. The average Bonchev–Trinajstić information content (AvgIpc) is 2.47. The SMILES string of the molecule is COc1ccc(CN(C)C2(CN)CCOC(C)C2)cc1. The van der Waals surface area contributed by atoms with Gasteiger partial charge in [0.15, 0.2) is 0 Å². The van der Waals surface area contributed by atoms with Gasteiger partial charge in [-0.15, -0.1) is 0 Å². The fourth-order valence-corrected chi connectivity index (χ4v) is 3.01. The van der Waals surface area contributed by atoms with Crippen LogP contribution in [0, 0.1) is 0 Å². The van der Waals surface area contributed by atoms with E-state index in [2.05, 4.69) is 31.0 Å². The van der Waals surface area contributed by atoms with Crippen molar-refractivity contribution in [1.82, 2.24) is 4.90 Å². The molecule has 2 rings (SSSR count). The first-order valence-electron chi connectivity index (χ1n) is 7.25. The van der Waals surface area contributed by atoms with Gasteiger partial charge < -0.3 is 15.2 Å². The maximum absolute atomic E-state index is 6.08. The molecular formula is C16H26N2O2. The second-order valence-corrected chi connectivity index (χ2v) is 5.77. The van der Waals surface area contributed by atoms with Gasteiger partial charge >= 0.3 is 0 Å². The smallest absolute Gasteiger partial charge is 0.118 e. The summed E-state index contributed by atoms with van der Waals surface area (Å²) in [4.78, 5) is 2.38. The summed E-state index contributed by atoms with van der Waals surface area (Å²) in [6.45, 7) is 4.50. The van der Waals surface area contributed by atoms with Crippen molar-refractivity contribution in [3.63, 3.8) is 0 Å². The Morgan fingerprint density at radius 1 is 1.40 bits per heavy atom. The molecule has 112 valence electrons. The van der Waals surface area contributed by atoms with Crippen LogP contribution >= 0.6 is 0 Å². The van der Waals surface area contributed by atoms with Gasteiger partial charge in [-0.2, -0.15) is 0 Å². The number of hydrogen-bond acceptors (Lipinski definition) is 4. The Balaban J connectivity index is 2.06. The van der Waals surface area contributed by atoms with Crippen LogP contribution in [-0.4, -0.2) is 43.9 Å². The molecule has 1 aromatic carbocycles. The maximum atomic E-state index is 6.08. The van der Waals surface area contributed by atoms with Gasteiger partial charge in [0.25, 0.3) is 0 Å². The molecule has 1 aromatic rings. The molecule has 2 atom stereocenters. The van der Waals surface area contributed by atoms with E-state index in [0.29, 0.717) is 6.54 Å². The quantitative estimate of drug-likeness (QED) is 0.895. The van der Waals surface area contributed by atoms with Gasteiger partial charge in [-0.05, 0) is 44.5 Å². The van der Waals surface area contributed by atoms with Crippen molar-refractivity contribution < 1.29 is 9.47 Å². The topological polar surface area (TPSA) is 47.7 Å². The Morgan fingerprint density at radius 3 is 2.65 bits per heavy atom. The molecule has 0 radical (unpaired) electrons. The van der Waals surface area contributed by atoms with Crippen LogP contribution in [0.3, 0.4) is 0 Å². The summed E-state index contributed by atoms with van der Waals surface area (Å²) in [5.41, 5.74) is 7.41. The van der Waals surface area contributed by atoms with E-state index >= 15 is 0 Å². The molecule has 1 heterocycles. The average molecular weight is 278 g/mol. The molecule has 0 spiro atoms. The summed E-state index contributed by atoms with van der Waals surface area (Å²) in [7, 11) is 3.85. The van der Waals surface area contributed by atoms with E-state index in [1.54, 1.807) is 7.11 Å². The summed E-state index contributed by atoms with van der Waals surface area (Å²) >= 11 is 0. The van der Waals surface area contributed by atoms with Crippen molar-refractivity contribution in [1.29, 1.82) is 0 Å². The fourth-order valence-electron chi connectivity index (χ4n) is 3.01. The summed E-state index contributed by atoms with van der Waals surface area (Å²) < 4.78 is 10.9. The molecule has 0 bridgehead atoms. The number of likely N-dealkylation sites (N-methyl/N-ethyl adjacent to an activating group) is 1. The van der Waals surface area contributed by atoms with Gasteiger partial charge in [0.05, 0.1) is 13.2 Å². The summed E-state index contributed by atoms with van der Waals surface area (Å²) in [6, 6.07) is 8.24. The fraction of sp³-hybridized carbons (Fsp3) is 0.625. The first-order valence-corrected chi connectivity index (χ1v) is 7.25. The molecule has 4 heteroatoms. The van der Waals surface area contributed by atoms with Crippen LogP contribution in [0.5, 0.6) is 5.75 Å². The normalized spacial score (nSPS) is 26.8. The third kappa shape index (κ3) is 3.32. The molecule has 1 aliphatic rings. The van der Waals surface area contributed by atoms with Crippen LogP contribution in [0.25, 0.3) is 0 Å². The van der Waals surface area contributed by atoms with Gasteiger partial charge in [-0.1, -0.05) is 12.1 Å². The zero-order valence-electron chi connectivity index (χ0n) is 12.8. The summed E-state index contributed by atoms with van der Waals surface area (Å²) in [6.07, 6.45) is 2.28. The van der Waals surface area contributed by atoms with Gasteiger partial charge in [-0.3, -0.25) is 4.90 Å². The van der Waals surface area contributed by atoms with Crippen LogP contribution in [0.4, 0.5) is 0 Å². The molecule has 0 amide bonds. The van der Waals surface area contributed by atoms with Crippen LogP contribution in [0.1, 0.15) is 25.3 Å². The van der Waals surface area contributed by atoms with E-state index in [-0.39, 0.29) is 11.6 Å². The lowest BCUT2D eigenvalue weighted by atomic mass is 9.85. The zero-order valence-corrected chi connectivity index (χ0v) is 12.8. The standard InChI is InChI=1S/C16H26N2O2/c1-13-10-16(12-17,8-9-20-13)18(2)11-14-4-6-15(19-3)7-5-14/h4-7,13H,8-12,17H2,1-3H3. The van der Waals surface area contributed by atoms with Gasteiger partial charge in [-0.25, -0.2) is 0 Å². The van der Waals surface area contributed by atoms with Crippen LogP contribution in [0.15, 0.2) is 24.3 Å². The Morgan fingerprint density at radius 2 is 2.10 bits per heavy atom. The van der Waals surface area contributed by atoms with E-state index in [9.17, 15) is 0 Å². The minimum absolute atomic E-state index is 0.0532. The van der Waals surface area contributed by atoms with Crippen LogP contribution < -0.4 is 10.5 Å². The van der Waals surface area contributed by atoms with E-state index in [4.69, 9.17) is 15.2 Å². The Hall–Kier alpha value is -1.10. The number of benzene rings is 1. The highest BCUT2D eigenvalue weighted by Crippen LogP contribution is 2.30. The van der Waals surface area contributed by atoms with Crippen LogP contribution in [-0.2, 0) is 11.3 Å². The Labute approximate surface area is 121 Å². The predicted molar refractivity (Wildman–Crippen MR) is 80.9 cm³/mol. The lowest BCUT2D eigenvalue weighted by Crippen LogP contribution is -2.56. The highest BCUT2D eigenvalue weighted by molar-refractivity contribution is 5.27. The highest BCUT2D eigenvalue weighted by atomic mass is 16.5. The molecular weight excluding hydrogens is 252 g/mol. The third-order valence-electron chi connectivity index (χ3n) is 4.41. The van der Waals surface area contributed by atoms with Gasteiger partial charge in [0, 0.05) is 25.2 Å². The summed E-state index contributed by atoms with van der Waals surface area (Å²) in [5.74, 6) is 0.893. The van der Waals surface area contributed by atoms with E-state index in [1.165, 1.54) is 5.56 Å². The number of ether oxygens (including phenoxy) is 2. The predicted octanol–water partition coefficient (Wildman–Crippen LogP) is 2.02. The number of rotatable bonds is 5. The van der Waals surface area contributed by atoms with Crippen molar-refractivity contribution in [3.05, 3.63) is 29.8 Å². The minimum Gasteiger partial charge on any atom is -0.497 e. The second kappa shape index (κ2) is 6.57. The Bertz CT molecular complexity index is 421. The molecule has 20 heavy (non-hydrogen) atoms. The molecule has 0 aromatic heterocycles. The van der Waals surface area contributed by atoms with E-state index in [1.807, 2.05) is 12.1 Å². The summed E-state index contributed by atoms with van der Waals surface area (Å²) in [5, 5.41) is 0. The molecule has 1 aliphatic heterocycles. The molecule has 4 nitrogen and oxygen atoms in total. The zero-order chi connectivity index (χ0) is 14.6. The molecule has 1 fully saturated rings. The highest BCUT2D eigenvalue weighted by Gasteiger charge is 2.37. The first kappa shape index (κ1) is 15.3. The molecule has 2 unspecified atom stereocenters. The number of nitrogens with zero attached hydrogens (tertiary/aromatic N) is 1. The molecule has 1 saturated heterocycles. The van der Waals surface area contributed by atoms with E-state index in [0.717, 1.165) is 31.7 Å². The van der Waals surface area contributed by atoms with Crippen molar-refractivity contribution in [3.8, 4) is 5.75 Å². The van der Waals surface area contributed by atoms with Crippen molar-refractivity contribution >= 4 is 0 Å². The first-order chi connectivity index (χ1) is 9.59. The van der Waals surface area contributed by atoms with Crippen molar-refractivity contribution in [2.75, 3.05) is 27.3 Å². The lowest BCUT2D eigenvalue weighted by Gasteiger charge is -2.46. The monoisotopic (exact) mass is 278 g/mol. The van der Waals surface area contributed by atoms with E-state index < -0.39 is 0 Å². The van der Waals surface area contributed by atoms with Gasteiger partial charge in [0.2, 0.25) is 0 Å². The third-order valence-corrected chi connectivity index (χ3v) is 4.41. The molecule has 0 saturated carbocycles.